The molecule has 7 heteroatoms. The number of benzene rings is 1. The van der Waals surface area contributed by atoms with E-state index < -0.39 is 0 Å². The molecule has 2 aliphatic rings. The molecule has 1 fully saturated rings. The zero-order chi connectivity index (χ0) is 19.7. The van der Waals surface area contributed by atoms with Gasteiger partial charge in [0.2, 0.25) is 5.91 Å². The highest BCUT2D eigenvalue weighted by Crippen LogP contribution is 2.36. The van der Waals surface area contributed by atoms with Gasteiger partial charge in [-0.3, -0.25) is 9.59 Å². The maximum atomic E-state index is 12.2. The van der Waals surface area contributed by atoms with Crippen molar-refractivity contribution in [3.05, 3.63) is 64.1 Å². The molecule has 1 saturated heterocycles. The molecule has 28 heavy (non-hydrogen) atoms. The van der Waals surface area contributed by atoms with Gasteiger partial charge in [0.15, 0.2) is 0 Å². The Bertz CT molecular complexity index is 955. The monoisotopic (exact) mass is 413 g/mol. The second-order valence-electron chi connectivity index (χ2n) is 7.57. The highest BCUT2D eigenvalue weighted by molar-refractivity contribution is 8.23. The molecule has 1 amide bonds. The minimum atomic E-state index is -0.0506. The number of nitrogens with zero attached hydrogens (tertiary/aromatic N) is 2. The van der Waals surface area contributed by atoms with Gasteiger partial charge in [0.05, 0.1) is 5.75 Å². The van der Waals surface area contributed by atoms with Gasteiger partial charge < -0.3 is 14.8 Å². The number of piperidine rings is 1. The van der Waals surface area contributed by atoms with Crippen molar-refractivity contribution in [2.45, 2.75) is 25.8 Å². The highest BCUT2D eigenvalue weighted by Gasteiger charge is 2.35. The molecule has 146 valence electrons. The number of thioether (sulfide) groups is 1. The summed E-state index contributed by atoms with van der Waals surface area (Å²) in [7, 11) is 0. The Morgan fingerprint density at radius 1 is 1.18 bits per heavy atom. The lowest BCUT2D eigenvalue weighted by Crippen LogP contribution is -2.48. The van der Waals surface area contributed by atoms with Gasteiger partial charge >= 0.3 is 0 Å². The van der Waals surface area contributed by atoms with Gasteiger partial charge in [0.25, 0.3) is 5.56 Å². The lowest BCUT2D eigenvalue weighted by Gasteiger charge is -2.43. The molecular formula is C21H23N3O2S2. The minimum Gasteiger partial charge on any atom is -0.356 e. The van der Waals surface area contributed by atoms with E-state index in [1.165, 1.54) is 11.8 Å². The molecule has 2 aliphatic heterocycles. The van der Waals surface area contributed by atoms with Crippen molar-refractivity contribution in [3.63, 3.8) is 0 Å². The number of rotatable bonds is 3. The average molecular weight is 414 g/mol. The van der Waals surface area contributed by atoms with Crippen molar-refractivity contribution >= 4 is 39.9 Å². The summed E-state index contributed by atoms with van der Waals surface area (Å²) >= 11 is 7.03. The van der Waals surface area contributed by atoms with Crippen LogP contribution in [0.25, 0.3) is 0 Å². The maximum absolute atomic E-state index is 12.2. The van der Waals surface area contributed by atoms with Crippen LogP contribution in [0.5, 0.6) is 0 Å². The number of fused-ring (bicyclic) bond motifs is 4. The first-order valence-electron chi connectivity index (χ1n) is 9.47. The van der Waals surface area contributed by atoms with Crippen LogP contribution < -0.4 is 10.9 Å². The number of pyridine rings is 1. The molecule has 4 rings (SSSR count). The predicted octanol–water partition coefficient (Wildman–Crippen LogP) is 3.23. The molecule has 0 saturated carbocycles. The third kappa shape index (κ3) is 4.15. The van der Waals surface area contributed by atoms with E-state index in [1.807, 2.05) is 41.8 Å². The van der Waals surface area contributed by atoms with E-state index in [2.05, 4.69) is 16.3 Å². The Labute approximate surface area is 174 Å². The lowest BCUT2D eigenvalue weighted by atomic mass is 9.83. The summed E-state index contributed by atoms with van der Waals surface area (Å²) in [5.74, 6) is 0.993. The molecule has 1 aromatic heterocycles. The summed E-state index contributed by atoms with van der Waals surface area (Å²) in [5, 5.41) is 2.91. The highest BCUT2D eigenvalue weighted by atomic mass is 32.2. The molecule has 2 unspecified atom stereocenters. The van der Waals surface area contributed by atoms with Crippen LogP contribution in [0, 0.1) is 12.8 Å². The van der Waals surface area contributed by atoms with E-state index in [1.54, 1.807) is 6.07 Å². The number of carbonyl (C=O) groups excluding carboxylic acids is 1. The van der Waals surface area contributed by atoms with Gasteiger partial charge in [0, 0.05) is 43.0 Å². The fraction of sp³-hybridized carbons (Fsp3) is 0.381. The van der Waals surface area contributed by atoms with Gasteiger partial charge in [-0.1, -0.05) is 47.7 Å². The maximum Gasteiger partial charge on any atom is 0.250 e. The van der Waals surface area contributed by atoms with Crippen LogP contribution in [-0.4, -0.2) is 38.5 Å². The summed E-state index contributed by atoms with van der Waals surface area (Å²) in [5.41, 5.74) is 3.16. The standard InChI is InChI=1S/C21H23N3O2S2/c1-14-5-7-17(8-6-14)22-19(25)13-28-21(27)23-10-15-9-16(12-23)18-3-2-4-20(26)24(18)11-15/h2-8,15-16H,9-13H2,1H3,(H,22,25). The SMILES string of the molecule is Cc1ccc(NC(=O)CSC(=S)N2CC3CC(C2)c2cccc(=O)n2C3)cc1. The lowest BCUT2D eigenvalue weighted by molar-refractivity contribution is -0.113. The number of amides is 1. The Morgan fingerprint density at radius 2 is 1.96 bits per heavy atom. The van der Waals surface area contributed by atoms with Crippen molar-refractivity contribution in [1.29, 1.82) is 0 Å². The van der Waals surface area contributed by atoms with E-state index in [4.69, 9.17) is 12.2 Å². The number of hydrogen-bond donors (Lipinski definition) is 1. The number of aromatic nitrogens is 1. The van der Waals surface area contributed by atoms with E-state index in [0.29, 0.717) is 17.6 Å². The first-order valence-corrected chi connectivity index (χ1v) is 10.9. The van der Waals surface area contributed by atoms with Gasteiger partial charge in [-0.05, 0) is 37.5 Å². The summed E-state index contributed by atoms with van der Waals surface area (Å²) in [6.07, 6.45) is 1.10. The van der Waals surface area contributed by atoms with Crippen molar-refractivity contribution in [2.75, 3.05) is 24.2 Å². The summed E-state index contributed by atoms with van der Waals surface area (Å²) in [4.78, 5) is 26.6. The number of likely N-dealkylation sites (tertiary alicyclic amines) is 1. The van der Waals surface area contributed by atoms with E-state index in [-0.39, 0.29) is 11.5 Å². The molecule has 1 aromatic carbocycles. The molecule has 2 aromatic rings. The first-order chi connectivity index (χ1) is 13.5. The normalized spacial score (nSPS) is 20.4. The van der Waals surface area contributed by atoms with Gasteiger partial charge in [-0.25, -0.2) is 0 Å². The molecule has 3 heterocycles. The third-order valence-corrected chi connectivity index (χ3v) is 6.92. The number of aryl methyl sites for hydroxylation is 1. The number of carbonyl (C=O) groups is 1. The average Bonchev–Trinajstić information content (AvgIpc) is 2.68. The van der Waals surface area contributed by atoms with Crippen LogP contribution in [0.1, 0.15) is 23.6 Å². The fourth-order valence-electron chi connectivity index (χ4n) is 4.10. The largest absolute Gasteiger partial charge is 0.356 e. The fourth-order valence-corrected chi connectivity index (χ4v) is 5.08. The molecule has 0 aliphatic carbocycles. The van der Waals surface area contributed by atoms with Crippen molar-refractivity contribution in [3.8, 4) is 0 Å². The van der Waals surface area contributed by atoms with Crippen LogP contribution in [0.4, 0.5) is 5.69 Å². The van der Waals surface area contributed by atoms with Crippen molar-refractivity contribution in [2.24, 2.45) is 5.92 Å². The number of nitrogens with one attached hydrogen (secondary N) is 1. The molecule has 2 bridgehead atoms. The second-order valence-corrected chi connectivity index (χ2v) is 9.18. The Kier molecular flexibility index (Phi) is 5.55. The molecule has 0 radical (unpaired) electrons. The zero-order valence-electron chi connectivity index (χ0n) is 15.8. The van der Waals surface area contributed by atoms with Crippen molar-refractivity contribution < 1.29 is 4.79 Å². The molecule has 1 N–H and O–H groups in total. The first kappa shape index (κ1) is 19.2. The van der Waals surface area contributed by atoms with Crippen LogP contribution in [0.2, 0.25) is 0 Å². The summed E-state index contributed by atoms with van der Waals surface area (Å²) < 4.78 is 2.68. The summed E-state index contributed by atoms with van der Waals surface area (Å²) in [6.45, 7) is 4.43. The van der Waals surface area contributed by atoms with Crippen LogP contribution >= 0.6 is 24.0 Å². The van der Waals surface area contributed by atoms with Crippen LogP contribution in [0.15, 0.2) is 47.3 Å². The van der Waals surface area contributed by atoms with Gasteiger partial charge in [0.1, 0.15) is 4.32 Å². The van der Waals surface area contributed by atoms with Crippen LogP contribution in [0.3, 0.4) is 0 Å². The zero-order valence-corrected chi connectivity index (χ0v) is 17.4. The molecular weight excluding hydrogens is 390 g/mol. The quantitative estimate of drug-likeness (QED) is 0.783. The predicted molar refractivity (Wildman–Crippen MR) is 118 cm³/mol. The number of anilines is 1. The van der Waals surface area contributed by atoms with Crippen LogP contribution in [-0.2, 0) is 11.3 Å². The smallest absolute Gasteiger partial charge is 0.250 e. The minimum absolute atomic E-state index is 0.0506. The van der Waals surface area contributed by atoms with Crippen molar-refractivity contribution in [1.82, 2.24) is 9.47 Å². The third-order valence-electron chi connectivity index (χ3n) is 5.40. The Morgan fingerprint density at radius 3 is 2.75 bits per heavy atom. The molecule has 5 nitrogen and oxygen atoms in total. The Hall–Kier alpha value is -2.12. The second kappa shape index (κ2) is 8.09. The Balaban J connectivity index is 1.34. The van der Waals surface area contributed by atoms with E-state index >= 15 is 0 Å². The number of thiocarbonyl (C=S) groups is 1. The topological polar surface area (TPSA) is 54.3 Å². The molecule has 2 atom stereocenters. The number of hydrogen-bond acceptors (Lipinski definition) is 4. The van der Waals surface area contributed by atoms with Gasteiger partial charge in [-0.2, -0.15) is 0 Å². The van der Waals surface area contributed by atoms with E-state index in [0.717, 1.165) is 47.3 Å². The van der Waals surface area contributed by atoms with Gasteiger partial charge in [-0.15, -0.1) is 0 Å². The molecule has 0 spiro atoms. The van der Waals surface area contributed by atoms with E-state index in [9.17, 15) is 9.59 Å². The summed E-state index contributed by atoms with van der Waals surface area (Å²) in [6, 6.07) is 13.3.